The molecule has 0 saturated heterocycles. The molecule has 1 saturated carbocycles. The molecule has 6 nitrogen and oxygen atoms in total. The first-order chi connectivity index (χ1) is 14.5. The summed E-state index contributed by atoms with van der Waals surface area (Å²) in [5.74, 6) is -0.564. The number of aliphatic hydroxyl groups is 1. The molecule has 3 heterocycles. The number of aromatic amines is 1. The number of carbonyl (C=O) groups excluding carboxylic acids is 1. The lowest BCUT2D eigenvalue weighted by atomic mass is 9.93. The number of halogens is 2. The van der Waals surface area contributed by atoms with E-state index >= 15 is 0 Å². The van der Waals surface area contributed by atoms with Gasteiger partial charge >= 0.3 is 0 Å². The highest BCUT2D eigenvalue weighted by atomic mass is 35.5. The van der Waals surface area contributed by atoms with Crippen LogP contribution >= 0.6 is 22.9 Å². The Kier molecular flexibility index (Phi) is 5.16. The van der Waals surface area contributed by atoms with E-state index in [0.717, 1.165) is 41.4 Å². The fourth-order valence-corrected chi connectivity index (χ4v) is 5.63. The summed E-state index contributed by atoms with van der Waals surface area (Å²) in [6, 6.07) is 4.62. The zero-order chi connectivity index (χ0) is 20.8. The van der Waals surface area contributed by atoms with Crippen molar-refractivity contribution in [3.05, 3.63) is 45.3 Å². The predicted octanol–water partition coefficient (Wildman–Crippen LogP) is 4.33. The molecule has 3 aromatic rings. The van der Waals surface area contributed by atoms with Crippen molar-refractivity contribution in [1.29, 1.82) is 0 Å². The Morgan fingerprint density at radius 2 is 2.10 bits per heavy atom. The first-order valence-electron chi connectivity index (χ1n) is 10.2. The molecule has 158 valence electrons. The van der Waals surface area contributed by atoms with Crippen molar-refractivity contribution in [1.82, 2.24) is 14.9 Å². The van der Waals surface area contributed by atoms with Gasteiger partial charge in [0.1, 0.15) is 11.5 Å². The van der Waals surface area contributed by atoms with Crippen LogP contribution in [-0.2, 0) is 13.0 Å². The first-order valence-corrected chi connectivity index (χ1v) is 11.4. The minimum absolute atomic E-state index is 0.127. The maximum atomic E-state index is 13.6. The number of aliphatic hydroxyl groups excluding tert-OH is 1. The van der Waals surface area contributed by atoms with Crippen LogP contribution in [0.1, 0.15) is 46.7 Å². The van der Waals surface area contributed by atoms with Gasteiger partial charge < -0.3 is 20.3 Å². The third-order valence-corrected chi connectivity index (χ3v) is 7.25. The van der Waals surface area contributed by atoms with Crippen molar-refractivity contribution in [2.24, 2.45) is 0 Å². The van der Waals surface area contributed by atoms with E-state index < -0.39 is 5.82 Å². The van der Waals surface area contributed by atoms with Crippen LogP contribution in [0.4, 0.5) is 9.52 Å². The summed E-state index contributed by atoms with van der Waals surface area (Å²) < 4.78 is 13.6. The monoisotopic (exact) mass is 448 g/mol. The molecule has 9 heteroatoms. The van der Waals surface area contributed by atoms with E-state index in [2.05, 4.69) is 10.3 Å². The molecule has 1 aliphatic heterocycles. The van der Waals surface area contributed by atoms with Gasteiger partial charge in [-0.25, -0.2) is 9.37 Å². The standard InChI is InChI=1S/C21H22ClFN4O2S/c22-15-7-11(23)8-17-14(15)9-18(25-17)20(29)27-6-5-16-19(10-27)30-21(26-16)24-12-1-3-13(28)4-2-12/h7-9,12-13,25,28H,1-6,10H2,(H,24,26). The largest absolute Gasteiger partial charge is 0.393 e. The smallest absolute Gasteiger partial charge is 0.270 e. The number of thiazole rings is 1. The Labute approximate surface area is 182 Å². The van der Waals surface area contributed by atoms with Crippen molar-refractivity contribution >= 4 is 44.9 Å². The Balaban J connectivity index is 1.30. The molecule has 1 aliphatic carbocycles. The molecule has 30 heavy (non-hydrogen) atoms. The van der Waals surface area contributed by atoms with Crippen molar-refractivity contribution in [3.63, 3.8) is 0 Å². The highest BCUT2D eigenvalue weighted by Gasteiger charge is 2.27. The van der Waals surface area contributed by atoms with Crippen molar-refractivity contribution in [2.45, 2.75) is 50.8 Å². The van der Waals surface area contributed by atoms with E-state index in [0.29, 0.717) is 42.1 Å². The Bertz CT molecular complexity index is 1110. The maximum absolute atomic E-state index is 13.6. The van der Waals surface area contributed by atoms with Crippen molar-refractivity contribution in [3.8, 4) is 0 Å². The van der Waals surface area contributed by atoms with Crippen LogP contribution in [0.15, 0.2) is 18.2 Å². The third kappa shape index (κ3) is 3.79. The summed E-state index contributed by atoms with van der Waals surface area (Å²) in [6.07, 6.45) is 4.06. The predicted molar refractivity (Wildman–Crippen MR) is 116 cm³/mol. The molecule has 1 fully saturated rings. The number of hydrogen-bond acceptors (Lipinski definition) is 5. The third-order valence-electron chi connectivity index (χ3n) is 5.93. The molecule has 1 amide bonds. The second-order valence-electron chi connectivity index (χ2n) is 8.05. The number of carbonyl (C=O) groups is 1. The van der Waals surface area contributed by atoms with E-state index in [-0.39, 0.29) is 17.0 Å². The van der Waals surface area contributed by atoms with Crippen molar-refractivity contribution in [2.75, 3.05) is 11.9 Å². The highest BCUT2D eigenvalue weighted by Crippen LogP contribution is 2.32. The molecule has 0 atom stereocenters. The van der Waals surface area contributed by atoms with E-state index in [1.165, 1.54) is 12.1 Å². The zero-order valence-electron chi connectivity index (χ0n) is 16.3. The molecular formula is C21H22ClFN4O2S. The molecule has 0 bridgehead atoms. The fraction of sp³-hybridized carbons (Fsp3) is 0.429. The molecule has 2 aromatic heterocycles. The van der Waals surface area contributed by atoms with Crippen molar-refractivity contribution < 1.29 is 14.3 Å². The van der Waals surface area contributed by atoms with Gasteiger partial charge in [0.15, 0.2) is 5.13 Å². The molecule has 3 N–H and O–H groups in total. The number of benzene rings is 1. The number of rotatable bonds is 3. The number of nitrogens with one attached hydrogen (secondary N) is 2. The molecule has 2 aliphatic rings. The summed E-state index contributed by atoms with van der Waals surface area (Å²) >= 11 is 7.71. The van der Waals surface area contributed by atoms with Crippen LogP contribution in [0.2, 0.25) is 5.02 Å². The minimum Gasteiger partial charge on any atom is -0.393 e. The Hall–Kier alpha value is -2.16. The molecule has 5 rings (SSSR count). The lowest BCUT2D eigenvalue weighted by molar-refractivity contribution is 0.0731. The number of anilines is 1. The molecule has 1 aromatic carbocycles. The zero-order valence-corrected chi connectivity index (χ0v) is 17.8. The summed E-state index contributed by atoms with van der Waals surface area (Å²) in [5, 5.41) is 15.0. The van der Waals surface area contributed by atoms with Gasteiger partial charge in [-0.15, -0.1) is 0 Å². The van der Waals surface area contributed by atoms with Gasteiger partial charge in [0.25, 0.3) is 5.91 Å². The lowest BCUT2D eigenvalue weighted by Gasteiger charge is -2.25. The van der Waals surface area contributed by atoms with Crippen LogP contribution in [0.3, 0.4) is 0 Å². The van der Waals surface area contributed by atoms with E-state index in [9.17, 15) is 14.3 Å². The van der Waals surface area contributed by atoms with Crippen LogP contribution in [-0.4, -0.2) is 44.6 Å². The molecule has 0 spiro atoms. The van der Waals surface area contributed by atoms with Gasteiger partial charge in [-0.3, -0.25) is 4.79 Å². The molecular weight excluding hydrogens is 427 g/mol. The topological polar surface area (TPSA) is 81.2 Å². The summed E-state index contributed by atoms with van der Waals surface area (Å²) in [6.45, 7) is 1.09. The summed E-state index contributed by atoms with van der Waals surface area (Å²) in [7, 11) is 0. The van der Waals surface area contributed by atoms with Gasteiger partial charge in [0, 0.05) is 29.3 Å². The fourth-order valence-electron chi connectivity index (χ4n) is 4.27. The minimum atomic E-state index is -0.437. The maximum Gasteiger partial charge on any atom is 0.270 e. The number of fused-ring (bicyclic) bond motifs is 2. The van der Waals surface area contributed by atoms with E-state index in [1.807, 2.05) is 0 Å². The van der Waals surface area contributed by atoms with Gasteiger partial charge in [0.05, 0.1) is 28.9 Å². The highest BCUT2D eigenvalue weighted by molar-refractivity contribution is 7.15. The van der Waals surface area contributed by atoms with Crippen LogP contribution in [0.25, 0.3) is 10.9 Å². The second kappa shape index (κ2) is 7.83. The summed E-state index contributed by atoms with van der Waals surface area (Å²) in [4.78, 5) is 23.6. The van der Waals surface area contributed by atoms with Gasteiger partial charge in [-0.05, 0) is 43.9 Å². The summed E-state index contributed by atoms with van der Waals surface area (Å²) in [5.41, 5.74) is 1.97. The first kappa shape index (κ1) is 19.8. The normalized spacial score (nSPS) is 21.6. The van der Waals surface area contributed by atoms with Gasteiger partial charge in [-0.2, -0.15) is 0 Å². The average molecular weight is 449 g/mol. The van der Waals surface area contributed by atoms with Crippen LogP contribution in [0, 0.1) is 5.82 Å². The van der Waals surface area contributed by atoms with Crippen LogP contribution < -0.4 is 5.32 Å². The van der Waals surface area contributed by atoms with E-state index in [4.69, 9.17) is 16.6 Å². The van der Waals surface area contributed by atoms with Gasteiger partial charge in [-0.1, -0.05) is 22.9 Å². The quantitative estimate of drug-likeness (QED) is 0.557. The van der Waals surface area contributed by atoms with E-state index in [1.54, 1.807) is 22.3 Å². The van der Waals surface area contributed by atoms with Gasteiger partial charge in [0.2, 0.25) is 0 Å². The number of aromatic nitrogens is 2. The number of nitrogens with zero attached hydrogens (tertiary/aromatic N) is 2. The molecule has 0 unspecified atom stereocenters. The SMILES string of the molecule is O=C(c1cc2c(Cl)cc(F)cc2[nH]1)N1CCc2nc(NC3CCC(O)CC3)sc2C1. The number of hydrogen-bond donors (Lipinski definition) is 3. The number of amides is 1. The Morgan fingerprint density at radius 3 is 2.90 bits per heavy atom. The number of H-pyrrole nitrogens is 1. The molecule has 0 radical (unpaired) electrons. The average Bonchev–Trinajstić information content (AvgIpc) is 3.32. The second-order valence-corrected chi connectivity index (χ2v) is 9.54. The Morgan fingerprint density at radius 1 is 1.30 bits per heavy atom. The lowest BCUT2D eigenvalue weighted by Crippen LogP contribution is -2.35. The van der Waals surface area contributed by atoms with Crippen LogP contribution in [0.5, 0.6) is 0 Å².